The molecule has 2 aliphatic rings. The Labute approximate surface area is 142 Å². The third-order valence-corrected chi connectivity index (χ3v) is 5.28. The lowest BCUT2D eigenvalue weighted by molar-refractivity contribution is -0.139. The molecule has 3 rings (SSSR count). The van der Waals surface area contributed by atoms with Gasteiger partial charge in [-0.25, -0.2) is 0 Å². The smallest absolute Gasteiger partial charge is 0.317 e. The number of carbonyl (C=O) groups is 2. The summed E-state index contributed by atoms with van der Waals surface area (Å²) in [6, 6.07) is 2.50. The summed E-state index contributed by atoms with van der Waals surface area (Å²) in [5.74, 6) is -0.867. The molecule has 0 unspecified atom stereocenters. The zero-order chi connectivity index (χ0) is 17.1. The number of hydrogen-bond acceptors (Lipinski definition) is 4. The first-order valence-electron chi connectivity index (χ1n) is 8.88. The van der Waals surface area contributed by atoms with E-state index in [2.05, 4.69) is 10.4 Å². The fourth-order valence-corrected chi connectivity index (χ4v) is 3.87. The summed E-state index contributed by atoms with van der Waals surface area (Å²) in [4.78, 5) is 25.4. The Kier molecular flexibility index (Phi) is 5.18. The average molecular weight is 334 g/mol. The summed E-state index contributed by atoms with van der Waals surface area (Å²) in [6.45, 7) is 2.75. The van der Waals surface area contributed by atoms with Crippen LogP contribution in [0.15, 0.2) is 12.3 Å². The Morgan fingerprint density at radius 1 is 1.38 bits per heavy atom. The highest BCUT2D eigenvalue weighted by atomic mass is 16.4. The van der Waals surface area contributed by atoms with Crippen LogP contribution < -0.4 is 5.32 Å². The molecule has 0 spiro atoms. The Morgan fingerprint density at radius 2 is 2.08 bits per heavy atom. The van der Waals surface area contributed by atoms with Crippen molar-refractivity contribution in [3.63, 3.8) is 0 Å². The molecular formula is C17H26N4O3. The summed E-state index contributed by atoms with van der Waals surface area (Å²) >= 11 is 0. The Hall–Kier alpha value is -1.89. The van der Waals surface area contributed by atoms with Crippen molar-refractivity contribution in [2.75, 3.05) is 13.1 Å². The number of aliphatic carboxylic acids is 1. The van der Waals surface area contributed by atoms with E-state index in [-0.39, 0.29) is 24.5 Å². The van der Waals surface area contributed by atoms with Gasteiger partial charge in [-0.15, -0.1) is 0 Å². The van der Waals surface area contributed by atoms with Crippen molar-refractivity contribution < 1.29 is 14.7 Å². The Balaban J connectivity index is 1.52. The fourth-order valence-electron chi connectivity index (χ4n) is 3.87. The number of likely N-dealkylation sites (N-methyl/N-ethyl adjacent to an activating group) is 1. The lowest BCUT2D eigenvalue weighted by Gasteiger charge is -2.42. The van der Waals surface area contributed by atoms with Crippen LogP contribution in [0, 0.1) is 0 Å². The van der Waals surface area contributed by atoms with E-state index in [1.807, 2.05) is 16.5 Å². The third-order valence-electron chi connectivity index (χ3n) is 5.28. The molecule has 1 heterocycles. The molecule has 2 fully saturated rings. The topological polar surface area (TPSA) is 87.5 Å². The van der Waals surface area contributed by atoms with Crippen molar-refractivity contribution >= 4 is 11.9 Å². The van der Waals surface area contributed by atoms with Gasteiger partial charge in [0.15, 0.2) is 0 Å². The van der Waals surface area contributed by atoms with Crippen LogP contribution in [0.5, 0.6) is 0 Å². The molecular weight excluding hydrogens is 308 g/mol. The summed E-state index contributed by atoms with van der Waals surface area (Å²) in [5, 5.41) is 16.3. The molecule has 2 saturated carbocycles. The monoisotopic (exact) mass is 334 g/mol. The van der Waals surface area contributed by atoms with Crippen LogP contribution in [0.1, 0.15) is 62.0 Å². The van der Waals surface area contributed by atoms with E-state index in [4.69, 9.17) is 5.11 Å². The van der Waals surface area contributed by atoms with Gasteiger partial charge in [0.2, 0.25) is 0 Å². The number of nitrogens with zero attached hydrogens (tertiary/aromatic N) is 3. The number of amides is 1. The lowest BCUT2D eigenvalue weighted by Crippen LogP contribution is -2.55. The van der Waals surface area contributed by atoms with E-state index in [1.165, 1.54) is 12.8 Å². The van der Waals surface area contributed by atoms with Crippen LogP contribution in [0.3, 0.4) is 0 Å². The zero-order valence-electron chi connectivity index (χ0n) is 14.1. The largest absolute Gasteiger partial charge is 0.480 e. The lowest BCUT2D eigenvalue weighted by atomic mass is 9.85. The molecule has 24 heavy (non-hydrogen) atoms. The van der Waals surface area contributed by atoms with Crippen LogP contribution >= 0.6 is 0 Å². The highest BCUT2D eigenvalue weighted by Crippen LogP contribution is 2.30. The van der Waals surface area contributed by atoms with Gasteiger partial charge in [-0.2, -0.15) is 5.10 Å². The van der Waals surface area contributed by atoms with Crippen LogP contribution in [-0.4, -0.2) is 56.8 Å². The van der Waals surface area contributed by atoms with Gasteiger partial charge in [0.25, 0.3) is 5.91 Å². The maximum atomic E-state index is 12.5. The molecule has 1 aromatic heterocycles. The summed E-state index contributed by atoms with van der Waals surface area (Å²) < 4.78 is 1.88. The van der Waals surface area contributed by atoms with Gasteiger partial charge >= 0.3 is 5.97 Å². The molecule has 0 aromatic carbocycles. The first-order valence-corrected chi connectivity index (χ1v) is 8.88. The maximum absolute atomic E-state index is 12.5. The molecule has 2 N–H and O–H groups in total. The number of rotatable bonds is 7. The van der Waals surface area contributed by atoms with Crippen molar-refractivity contribution in [1.29, 1.82) is 0 Å². The van der Waals surface area contributed by atoms with Crippen molar-refractivity contribution in [3.05, 3.63) is 18.0 Å². The molecule has 0 aliphatic heterocycles. The summed E-state index contributed by atoms with van der Waals surface area (Å²) in [6.07, 6.45) is 7.90. The van der Waals surface area contributed by atoms with Gasteiger partial charge in [-0.3, -0.25) is 19.2 Å². The zero-order valence-corrected chi connectivity index (χ0v) is 14.1. The molecule has 1 amide bonds. The molecule has 7 heteroatoms. The minimum absolute atomic E-state index is 0.0656. The van der Waals surface area contributed by atoms with Crippen LogP contribution in [0.25, 0.3) is 0 Å². The third kappa shape index (κ3) is 3.61. The van der Waals surface area contributed by atoms with E-state index in [0.717, 1.165) is 25.7 Å². The molecule has 2 aliphatic carbocycles. The van der Waals surface area contributed by atoms with Crippen LogP contribution in [-0.2, 0) is 4.79 Å². The van der Waals surface area contributed by atoms with Crippen molar-refractivity contribution in [3.8, 4) is 0 Å². The number of carboxylic acids is 1. The van der Waals surface area contributed by atoms with Crippen LogP contribution in [0.2, 0.25) is 0 Å². The summed E-state index contributed by atoms with van der Waals surface area (Å²) in [7, 11) is 0. The highest BCUT2D eigenvalue weighted by Gasteiger charge is 2.35. The molecule has 0 saturated heterocycles. The van der Waals surface area contributed by atoms with Gasteiger partial charge in [-0.1, -0.05) is 19.8 Å². The number of carboxylic acid groups (broad SMARTS) is 1. The average Bonchev–Trinajstić information content (AvgIpc) is 3.17. The predicted molar refractivity (Wildman–Crippen MR) is 88.9 cm³/mol. The fraction of sp³-hybridized carbons (Fsp3) is 0.706. The second-order valence-corrected chi connectivity index (χ2v) is 6.85. The SMILES string of the molecule is CCN(CC(=O)O)C1CC(NC(=O)c2ccnn2C2CCCC2)C1. The second-order valence-electron chi connectivity index (χ2n) is 6.85. The molecule has 7 nitrogen and oxygen atoms in total. The minimum atomic E-state index is -0.801. The normalized spacial score (nSPS) is 24.1. The van der Waals surface area contributed by atoms with Gasteiger partial charge in [0.1, 0.15) is 5.69 Å². The standard InChI is InChI=1S/C17H26N4O3/c1-2-20(11-16(22)23)14-9-12(10-14)19-17(24)15-7-8-18-21(15)13-5-3-4-6-13/h7-8,12-14H,2-6,9-11H2,1H3,(H,19,24)(H,22,23). The van der Waals surface area contributed by atoms with Crippen LogP contribution in [0.4, 0.5) is 0 Å². The van der Waals surface area contributed by atoms with E-state index in [0.29, 0.717) is 18.3 Å². The van der Waals surface area contributed by atoms with Gasteiger partial charge in [0.05, 0.1) is 12.6 Å². The predicted octanol–water partition coefficient (Wildman–Crippen LogP) is 1.67. The maximum Gasteiger partial charge on any atom is 0.317 e. The van der Waals surface area contributed by atoms with Gasteiger partial charge in [-0.05, 0) is 38.3 Å². The molecule has 0 atom stereocenters. The first kappa shape index (κ1) is 17.0. The van der Waals surface area contributed by atoms with Crippen molar-refractivity contribution in [2.45, 2.75) is 63.6 Å². The first-order chi connectivity index (χ1) is 11.6. The highest BCUT2D eigenvalue weighted by molar-refractivity contribution is 5.92. The number of carbonyl (C=O) groups excluding carboxylic acids is 1. The Bertz CT molecular complexity index is 588. The molecule has 0 radical (unpaired) electrons. The van der Waals surface area contributed by atoms with Gasteiger partial charge in [0, 0.05) is 18.3 Å². The quantitative estimate of drug-likeness (QED) is 0.792. The Morgan fingerprint density at radius 3 is 2.71 bits per heavy atom. The van der Waals surface area contributed by atoms with Crippen molar-refractivity contribution in [1.82, 2.24) is 20.0 Å². The van der Waals surface area contributed by atoms with E-state index in [1.54, 1.807) is 12.3 Å². The van der Waals surface area contributed by atoms with Gasteiger partial charge < -0.3 is 10.4 Å². The van der Waals surface area contributed by atoms with Crippen molar-refractivity contribution in [2.24, 2.45) is 0 Å². The molecule has 1 aromatic rings. The number of nitrogens with one attached hydrogen (secondary N) is 1. The summed E-state index contributed by atoms with van der Waals surface area (Å²) in [5.41, 5.74) is 0.642. The minimum Gasteiger partial charge on any atom is -0.480 e. The number of hydrogen-bond donors (Lipinski definition) is 2. The second kappa shape index (κ2) is 7.34. The molecule has 0 bridgehead atoms. The van der Waals surface area contributed by atoms with E-state index in [9.17, 15) is 9.59 Å². The van der Waals surface area contributed by atoms with E-state index >= 15 is 0 Å². The number of aromatic nitrogens is 2. The van der Waals surface area contributed by atoms with E-state index < -0.39 is 5.97 Å². The molecule has 132 valence electrons.